The van der Waals surface area contributed by atoms with E-state index in [9.17, 15) is 4.79 Å². The average Bonchev–Trinajstić information content (AvgIpc) is 2.77. The van der Waals surface area contributed by atoms with Crippen LogP contribution in [-0.2, 0) is 6.42 Å². The van der Waals surface area contributed by atoms with Crippen molar-refractivity contribution in [1.82, 2.24) is 15.8 Å². The van der Waals surface area contributed by atoms with Crippen molar-refractivity contribution in [3.8, 4) is 0 Å². The quantitative estimate of drug-likeness (QED) is 0.786. The summed E-state index contributed by atoms with van der Waals surface area (Å²) in [4.78, 5) is 11.7. The molecule has 0 saturated carbocycles. The van der Waals surface area contributed by atoms with Crippen molar-refractivity contribution in [3.05, 3.63) is 17.5 Å². The van der Waals surface area contributed by atoms with Crippen LogP contribution >= 0.6 is 0 Å². The maximum Gasteiger partial charge on any atom is 0.273 e. The van der Waals surface area contributed by atoms with Crippen LogP contribution in [0.4, 0.5) is 0 Å². The predicted octanol–water partition coefficient (Wildman–Crippen LogP) is 1.35. The molecule has 0 aromatic carbocycles. The van der Waals surface area contributed by atoms with Gasteiger partial charge in [0.1, 0.15) is 5.76 Å². The second kappa shape index (κ2) is 5.82. The fourth-order valence-corrected chi connectivity index (χ4v) is 1.29. The second-order valence-corrected chi connectivity index (χ2v) is 4.67. The fourth-order valence-electron chi connectivity index (χ4n) is 1.29. The first-order valence-electron chi connectivity index (χ1n) is 5.91. The Kier molecular flexibility index (Phi) is 4.69. The third-order valence-corrected chi connectivity index (χ3v) is 2.85. The van der Waals surface area contributed by atoms with Gasteiger partial charge in [-0.3, -0.25) is 4.79 Å². The van der Waals surface area contributed by atoms with Gasteiger partial charge in [0, 0.05) is 24.6 Å². The lowest BCUT2D eigenvalue weighted by molar-refractivity contribution is 0.0941. The van der Waals surface area contributed by atoms with Crippen molar-refractivity contribution in [3.63, 3.8) is 0 Å². The van der Waals surface area contributed by atoms with Crippen LogP contribution in [0.2, 0.25) is 0 Å². The van der Waals surface area contributed by atoms with Gasteiger partial charge in [0.15, 0.2) is 5.69 Å². The van der Waals surface area contributed by atoms with E-state index in [1.807, 2.05) is 14.0 Å². The van der Waals surface area contributed by atoms with Crippen molar-refractivity contribution >= 4 is 5.91 Å². The van der Waals surface area contributed by atoms with E-state index in [0.29, 0.717) is 12.2 Å². The number of carbonyl (C=O) groups is 1. The zero-order valence-corrected chi connectivity index (χ0v) is 11.0. The normalized spacial score (nSPS) is 11.5. The minimum absolute atomic E-state index is 0.0195. The van der Waals surface area contributed by atoms with Crippen LogP contribution in [0, 0.1) is 0 Å². The molecular weight excluding hydrogens is 218 g/mol. The minimum atomic E-state index is -0.180. The Morgan fingerprint density at radius 3 is 2.76 bits per heavy atom. The molecule has 0 atom stereocenters. The van der Waals surface area contributed by atoms with Gasteiger partial charge in [-0.05, 0) is 27.3 Å². The van der Waals surface area contributed by atoms with Gasteiger partial charge < -0.3 is 15.2 Å². The highest BCUT2D eigenvalue weighted by molar-refractivity contribution is 5.92. The molecule has 0 saturated heterocycles. The van der Waals surface area contributed by atoms with Crippen LogP contribution in [0.5, 0.6) is 0 Å². The topological polar surface area (TPSA) is 67.2 Å². The highest BCUT2D eigenvalue weighted by Gasteiger charge is 2.16. The summed E-state index contributed by atoms with van der Waals surface area (Å²) in [5, 5.41) is 9.73. The Hall–Kier alpha value is -1.36. The minimum Gasteiger partial charge on any atom is -0.361 e. The molecule has 0 aliphatic carbocycles. The fraction of sp³-hybridized carbons (Fsp3) is 0.667. The molecule has 0 radical (unpaired) electrons. The lowest BCUT2D eigenvalue weighted by atomic mass is 10.0. The van der Waals surface area contributed by atoms with Gasteiger partial charge in [0.25, 0.3) is 5.91 Å². The number of rotatable bonds is 6. The summed E-state index contributed by atoms with van der Waals surface area (Å²) >= 11 is 0. The highest BCUT2D eigenvalue weighted by Crippen LogP contribution is 2.07. The molecule has 0 unspecified atom stereocenters. The van der Waals surface area contributed by atoms with Crippen LogP contribution in [0.3, 0.4) is 0 Å². The van der Waals surface area contributed by atoms with E-state index in [-0.39, 0.29) is 11.4 Å². The maximum atomic E-state index is 11.7. The van der Waals surface area contributed by atoms with E-state index in [2.05, 4.69) is 29.6 Å². The smallest absolute Gasteiger partial charge is 0.273 e. The summed E-state index contributed by atoms with van der Waals surface area (Å²) in [5.41, 5.74) is 0.371. The van der Waals surface area contributed by atoms with Crippen LogP contribution in [0.25, 0.3) is 0 Å². The first kappa shape index (κ1) is 13.7. The van der Waals surface area contributed by atoms with E-state index in [4.69, 9.17) is 4.52 Å². The van der Waals surface area contributed by atoms with Crippen molar-refractivity contribution in [2.75, 3.05) is 13.6 Å². The predicted molar refractivity (Wildman–Crippen MR) is 66.0 cm³/mol. The van der Waals surface area contributed by atoms with E-state index >= 15 is 0 Å². The van der Waals surface area contributed by atoms with Crippen LogP contribution in [0.1, 0.15) is 43.4 Å². The average molecular weight is 239 g/mol. The summed E-state index contributed by atoms with van der Waals surface area (Å²) in [5.74, 6) is 0.547. The number of hydrogen-bond donors (Lipinski definition) is 2. The summed E-state index contributed by atoms with van der Waals surface area (Å²) in [7, 11) is 1.91. The largest absolute Gasteiger partial charge is 0.361 e. The number of aromatic nitrogens is 1. The van der Waals surface area contributed by atoms with E-state index in [0.717, 1.165) is 18.6 Å². The van der Waals surface area contributed by atoms with Gasteiger partial charge in [-0.2, -0.15) is 0 Å². The molecule has 1 aromatic rings. The van der Waals surface area contributed by atoms with E-state index in [1.165, 1.54) is 0 Å². The van der Waals surface area contributed by atoms with Crippen molar-refractivity contribution in [2.45, 2.75) is 39.2 Å². The van der Waals surface area contributed by atoms with Gasteiger partial charge in [-0.25, -0.2) is 0 Å². The monoisotopic (exact) mass is 239 g/mol. The highest BCUT2D eigenvalue weighted by atomic mass is 16.5. The molecule has 17 heavy (non-hydrogen) atoms. The zero-order chi connectivity index (χ0) is 12.9. The Morgan fingerprint density at radius 1 is 1.53 bits per heavy atom. The van der Waals surface area contributed by atoms with Crippen LogP contribution in [0.15, 0.2) is 10.6 Å². The molecule has 0 aliphatic heterocycles. The Balaban J connectivity index is 2.40. The zero-order valence-electron chi connectivity index (χ0n) is 11.0. The second-order valence-electron chi connectivity index (χ2n) is 4.67. The molecule has 0 spiro atoms. The molecule has 5 heteroatoms. The summed E-state index contributed by atoms with van der Waals surface area (Å²) < 4.78 is 4.98. The van der Waals surface area contributed by atoms with Crippen molar-refractivity contribution in [2.24, 2.45) is 0 Å². The number of hydrogen-bond acceptors (Lipinski definition) is 4. The molecule has 1 rings (SSSR count). The molecule has 0 aliphatic rings. The Labute approximate surface area is 102 Å². The molecule has 1 heterocycles. The summed E-state index contributed by atoms with van der Waals surface area (Å²) in [6.07, 6.45) is 1.60. The molecule has 2 N–H and O–H groups in total. The molecule has 1 aromatic heterocycles. The maximum absolute atomic E-state index is 11.7. The number of aryl methyl sites for hydroxylation is 1. The third-order valence-electron chi connectivity index (χ3n) is 2.85. The van der Waals surface area contributed by atoms with Gasteiger partial charge in [0.05, 0.1) is 0 Å². The van der Waals surface area contributed by atoms with Gasteiger partial charge >= 0.3 is 0 Å². The van der Waals surface area contributed by atoms with Gasteiger partial charge in [-0.1, -0.05) is 12.1 Å². The number of carbonyl (C=O) groups excluding carboxylic acids is 1. The van der Waals surface area contributed by atoms with Crippen LogP contribution < -0.4 is 10.6 Å². The molecular formula is C12H21N3O2. The standard InChI is InChI=1S/C12H21N3O2/c1-5-9-8-10(15-17-9)11(16)14-7-6-12(2,3)13-4/h8,13H,5-7H2,1-4H3,(H,14,16). The SMILES string of the molecule is CCc1cc(C(=O)NCCC(C)(C)NC)no1. The molecule has 0 fully saturated rings. The molecule has 5 nitrogen and oxygen atoms in total. The van der Waals surface area contributed by atoms with E-state index in [1.54, 1.807) is 6.07 Å². The van der Waals surface area contributed by atoms with Gasteiger partial charge in [-0.15, -0.1) is 0 Å². The number of amides is 1. The molecule has 1 amide bonds. The Bertz CT molecular complexity index is 372. The third kappa shape index (κ3) is 4.19. The van der Waals surface area contributed by atoms with Crippen molar-refractivity contribution in [1.29, 1.82) is 0 Å². The lowest BCUT2D eigenvalue weighted by Crippen LogP contribution is -2.40. The number of nitrogens with zero attached hydrogens (tertiary/aromatic N) is 1. The molecule has 0 bridgehead atoms. The lowest BCUT2D eigenvalue weighted by Gasteiger charge is -2.23. The first-order valence-corrected chi connectivity index (χ1v) is 5.91. The van der Waals surface area contributed by atoms with E-state index < -0.39 is 0 Å². The van der Waals surface area contributed by atoms with Gasteiger partial charge in [0.2, 0.25) is 0 Å². The summed E-state index contributed by atoms with van der Waals surface area (Å²) in [6, 6.07) is 1.68. The first-order chi connectivity index (χ1) is 7.98. The Morgan fingerprint density at radius 2 is 2.24 bits per heavy atom. The van der Waals surface area contributed by atoms with Crippen LogP contribution in [-0.4, -0.2) is 30.2 Å². The molecule has 96 valence electrons. The summed E-state index contributed by atoms with van der Waals surface area (Å²) in [6.45, 7) is 6.74. The van der Waals surface area contributed by atoms with Crippen molar-refractivity contribution < 1.29 is 9.32 Å². The number of nitrogens with one attached hydrogen (secondary N) is 2.